The van der Waals surface area contributed by atoms with E-state index in [2.05, 4.69) is 15.2 Å². The number of nitrogens with one attached hydrogen (secondary N) is 2. The van der Waals surface area contributed by atoms with Crippen LogP contribution in [0.25, 0.3) is 10.9 Å². The monoisotopic (exact) mass is 314 g/mol. The molecule has 3 aromatic rings. The van der Waals surface area contributed by atoms with E-state index in [-0.39, 0.29) is 17.8 Å². The first-order valence-corrected chi connectivity index (χ1v) is 7.39. The number of para-hydroxylation sites is 1. The molecule has 1 atom stereocenters. The number of fused-ring (bicyclic) bond motifs is 1. The number of halogens is 1. The highest BCUT2D eigenvalue weighted by atomic mass is 19.1. The molecule has 1 amide bonds. The maximum Gasteiger partial charge on any atom is 0.271 e. The number of benzene rings is 1. The molecule has 1 aromatic carbocycles. The Hall–Kier alpha value is -2.67. The second kappa shape index (κ2) is 5.51. The number of aromatic nitrogens is 3. The van der Waals surface area contributed by atoms with Crippen LogP contribution in [0, 0.1) is 5.82 Å². The minimum atomic E-state index is -0.367. The molecule has 23 heavy (non-hydrogen) atoms. The van der Waals surface area contributed by atoms with E-state index in [0.29, 0.717) is 36.4 Å². The standard InChI is InChI=1S/C16H15FN4O2/c17-11-3-1-2-10-8-13(19-15(10)11)16(22)21-6-7-23-9-14(21)12-4-5-18-20-12/h1-5,8,14,19H,6-7,9H2,(H,18,20)/t14-/m0/s1. The molecule has 0 unspecified atom stereocenters. The lowest BCUT2D eigenvalue weighted by Crippen LogP contribution is -2.43. The Morgan fingerprint density at radius 1 is 1.39 bits per heavy atom. The van der Waals surface area contributed by atoms with Gasteiger partial charge in [-0.15, -0.1) is 0 Å². The molecule has 0 aliphatic carbocycles. The Morgan fingerprint density at radius 3 is 3.09 bits per heavy atom. The van der Waals surface area contributed by atoms with Crippen LogP contribution in [0.15, 0.2) is 36.5 Å². The minimum Gasteiger partial charge on any atom is -0.377 e. The largest absolute Gasteiger partial charge is 0.377 e. The second-order valence-corrected chi connectivity index (χ2v) is 5.49. The third-order valence-corrected chi connectivity index (χ3v) is 4.11. The van der Waals surface area contributed by atoms with E-state index >= 15 is 0 Å². The van der Waals surface area contributed by atoms with Gasteiger partial charge in [0, 0.05) is 18.1 Å². The minimum absolute atomic E-state index is 0.177. The van der Waals surface area contributed by atoms with Crippen molar-refractivity contribution in [1.29, 1.82) is 0 Å². The highest BCUT2D eigenvalue weighted by molar-refractivity contribution is 5.98. The summed E-state index contributed by atoms with van der Waals surface area (Å²) in [5.74, 6) is -0.544. The molecule has 1 aliphatic heterocycles. The van der Waals surface area contributed by atoms with Crippen molar-refractivity contribution in [3.8, 4) is 0 Å². The Labute approximate surface area is 131 Å². The van der Waals surface area contributed by atoms with Gasteiger partial charge in [0.05, 0.1) is 30.5 Å². The van der Waals surface area contributed by atoms with Gasteiger partial charge in [-0.2, -0.15) is 5.10 Å². The number of hydrogen-bond donors (Lipinski definition) is 2. The smallest absolute Gasteiger partial charge is 0.271 e. The van der Waals surface area contributed by atoms with Crippen molar-refractivity contribution in [2.24, 2.45) is 0 Å². The van der Waals surface area contributed by atoms with Crippen molar-refractivity contribution in [2.45, 2.75) is 6.04 Å². The Kier molecular flexibility index (Phi) is 3.34. The molecule has 0 bridgehead atoms. The molecule has 0 radical (unpaired) electrons. The zero-order valence-electron chi connectivity index (χ0n) is 12.3. The lowest BCUT2D eigenvalue weighted by Gasteiger charge is -2.34. The molecule has 1 aliphatic rings. The quantitative estimate of drug-likeness (QED) is 0.762. The molecular formula is C16H15FN4O2. The first-order valence-electron chi connectivity index (χ1n) is 7.39. The summed E-state index contributed by atoms with van der Waals surface area (Å²) in [5.41, 5.74) is 1.54. The average molecular weight is 314 g/mol. The van der Waals surface area contributed by atoms with Gasteiger partial charge in [-0.3, -0.25) is 9.89 Å². The Balaban J connectivity index is 1.69. The van der Waals surface area contributed by atoms with E-state index in [0.717, 1.165) is 5.69 Å². The zero-order chi connectivity index (χ0) is 15.8. The van der Waals surface area contributed by atoms with E-state index in [4.69, 9.17) is 4.74 Å². The summed E-state index contributed by atoms with van der Waals surface area (Å²) >= 11 is 0. The van der Waals surface area contributed by atoms with Crippen molar-refractivity contribution in [2.75, 3.05) is 19.8 Å². The summed E-state index contributed by atoms with van der Waals surface area (Å²) in [5, 5.41) is 7.50. The fourth-order valence-corrected chi connectivity index (χ4v) is 2.95. The maximum atomic E-state index is 13.8. The van der Waals surface area contributed by atoms with Crippen molar-refractivity contribution in [3.05, 3.63) is 53.7 Å². The van der Waals surface area contributed by atoms with Crippen LogP contribution in [-0.2, 0) is 4.74 Å². The topological polar surface area (TPSA) is 74.0 Å². The van der Waals surface area contributed by atoms with Crippen LogP contribution in [0.5, 0.6) is 0 Å². The highest BCUT2D eigenvalue weighted by Gasteiger charge is 2.31. The molecule has 6 nitrogen and oxygen atoms in total. The molecule has 2 N–H and O–H groups in total. The summed E-state index contributed by atoms with van der Waals surface area (Å²) < 4.78 is 19.3. The van der Waals surface area contributed by atoms with Gasteiger partial charge in [0.25, 0.3) is 5.91 Å². The number of nitrogens with zero attached hydrogens (tertiary/aromatic N) is 2. The summed E-state index contributed by atoms with van der Waals surface area (Å²) in [6.07, 6.45) is 1.64. The van der Waals surface area contributed by atoms with E-state index in [9.17, 15) is 9.18 Å². The van der Waals surface area contributed by atoms with E-state index < -0.39 is 0 Å². The van der Waals surface area contributed by atoms with Gasteiger partial charge in [0.15, 0.2) is 0 Å². The lowest BCUT2D eigenvalue weighted by atomic mass is 10.1. The Morgan fingerprint density at radius 2 is 2.30 bits per heavy atom. The van der Waals surface area contributed by atoms with Crippen LogP contribution >= 0.6 is 0 Å². The maximum absolute atomic E-state index is 13.8. The summed E-state index contributed by atoms with van der Waals surface area (Å²) in [6.45, 7) is 1.36. The molecule has 4 rings (SSSR count). The van der Waals surface area contributed by atoms with Crippen LogP contribution < -0.4 is 0 Å². The predicted octanol–water partition coefficient (Wildman–Crippen LogP) is 2.24. The third kappa shape index (κ3) is 2.39. The second-order valence-electron chi connectivity index (χ2n) is 5.49. The van der Waals surface area contributed by atoms with Crippen LogP contribution in [-0.4, -0.2) is 45.7 Å². The number of aromatic amines is 2. The number of carbonyl (C=O) groups is 1. The highest BCUT2D eigenvalue weighted by Crippen LogP contribution is 2.26. The lowest BCUT2D eigenvalue weighted by molar-refractivity contribution is -0.00416. The number of rotatable bonds is 2. The van der Waals surface area contributed by atoms with Crippen molar-refractivity contribution < 1.29 is 13.9 Å². The predicted molar refractivity (Wildman–Crippen MR) is 81.4 cm³/mol. The van der Waals surface area contributed by atoms with Gasteiger partial charge < -0.3 is 14.6 Å². The van der Waals surface area contributed by atoms with E-state index in [1.165, 1.54) is 6.07 Å². The number of amides is 1. The first kappa shape index (κ1) is 14.0. The third-order valence-electron chi connectivity index (χ3n) is 4.11. The molecule has 1 saturated heterocycles. The van der Waals surface area contributed by atoms with Crippen molar-refractivity contribution >= 4 is 16.8 Å². The molecule has 0 saturated carbocycles. The zero-order valence-corrected chi connectivity index (χ0v) is 12.3. The number of H-pyrrole nitrogens is 2. The number of carbonyl (C=O) groups excluding carboxylic acids is 1. The molecule has 118 valence electrons. The van der Waals surface area contributed by atoms with Gasteiger partial charge in [0.1, 0.15) is 11.5 Å². The van der Waals surface area contributed by atoms with E-state index in [1.807, 2.05) is 6.07 Å². The molecule has 0 spiro atoms. The number of hydrogen-bond acceptors (Lipinski definition) is 3. The molecule has 7 heteroatoms. The fourth-order valence-electron chi connectivity index (χ4n) is 2.95. The summed E-state index contributed by atoms with van der Waals surface area (Å²) in [4.78, 5) is 17.5. The fraction of sp³-hybridized carbons (Fsp3) is 0.250. The van der Waals surface area contributed by atoms with Crippen molar-refractivity contribution in [3.63, 3.8) is 0 Å². The van der Waals surface area contributed by atoms with Crippen LogP contribution in [0.2, 0.25) is 0 Å². The molecule has 3 heterocycles. The Bertz CT molecular complexity index is 843. The normalized spacial score (nSPS) is 18.5. The molecule has 1 fully saturated rings. The van der Waals surface area contributed by atoms with Crippen LogP contribution in [0.4, 0.5) is 4.39 Å². The van der Waals surface area contributed by atoms with Gasteiger partial charge in [-0.05, 0) is 18.2 Å². The van der Waals surface area contributed by atoms with Gasteiger partial charge >= 0.3 is 0 Å². The van der Waals surface area contributed by atoms with Crippen LogP contribution in [0.1, 0.15) is 22.2 Å². The average Bonchev–Trinajstić information content (AvgIpc) is 3.24. The SMILES string of the molecule is O=C(c1cc2cccc(F)c2[nH]1)N1CCOC[C@H]1c1ccn[nH]1. The summed E-state index contributed by atoms with van der Waals surface area (Å²) in [6, 6.07) is 8.05. The van der Waals surface area contributed by atoms with Gasteiger partial charge in [-0.25, -0.2) is 4.39 Å². The molecular weight excluding hydrogens is 299 g/mol. The number of ether oxygens (including phenoxy) is 1. The molecule has 2 aromatic heterocycles. The van der Waals surface area contributed by atoms with Gasteiger partial charge in [0.2, 0.25) is 0 Å². The first-order chi connectivity index (χ1) is 11.2. The summed E-state index contributed by atoms with van der Waals surface area (Å²) in [7, 11) is 0. The van der Waals surface area contributed by atoms with E-state index in [1.54, 1.807) is 29.3 Å². The van der Waals surface area contributed by atoms with Crippen molar-refractivity contribution in [1.82, 2.24) is 20.1 Å². The number of morpholine rings is 1. The van der Waals surface area contributed by atoms with Crippen LogP contribution in [0.3, 0.4) is 0 Å². The van der Waals surface area contributed by atoms with Gasteiger partial charge in [-0.1, -0.05) is 12.1 Å².